The molecule has 0 aromatic carbocycles. The minimum absolute atomic E-state index is 0.0315. The zero-order valence-corrected chi connectivity index (χ0v) is 9.95. The smallest absolute Gasteiger partial charge is 0.341 e. The quantitative estimate of drug-likeness (QED) is 0.443. The molecule has 0 amide bonds. The van der Waals surface area contributed by atoms with Crippen LogP contribution in [0.1, 0.15) is 13.8 Å². The van der Waals surface area contributed by atoms with Gasteiger partial charge in [-0.2, -0.15) is 10.2 Å². The Labute approximate surface area is 99.4 Å². The molecule has 2 rings (SSSR count). The first-order valence-electron chi connectivity index (χ1n) is 5.69. The fourth-order valence-corrected chi connectivity index (χ4v) is 2.09. The van der Waals surface area contributed by atoms with Crippen LogP contribution < -0.4 is 5.23 Å². The molecule has 17 heavy (non-hydrogen) atoms. The van der Waals surface area contributed by atoms with Crippen molar-refractivity contribution < 1.29 is 15.5 Å². The number of quaternary nitrogens is 1. The van der Waals surface area contributed by atoms with Gasteiger partial charge in [-0.3, -0.25) is 9.47 Å². The van der Waals surface area contributed by atoms with E-state index in [0.29, 0.717) is 18.6 Å². The molecule has 0 saturated carbocycles. The second kappa shape index (κ2) is 4.71. The summed E-state index contributed by atoms with van der Waals surface area (Å²) >= 11 is 0. The van der Waals surface area contributed by atoms with Gasteiger partial charge in [0.15, 0.2) is 0 Å². The number of nitrogens with one attached hydrogen (secondary N) is 1. The summed E-state index contributed by atoms with van der Waals surface area (Å²) in [6.45, 7) is 5.05. The lowest BCUT2D eigenvalue weighted by molar-refractivity contribution is -0.996. The van der Waals surface area contributed by atoms with Gasteiger partial charge < -0.3 is 10.3 Å². The fraction of sp³-hybridized carbons (Fsp3) is 0.700. The van der Waals surface area contributed by atoms with Crippen LogP contribution >= 0.6 is 0 Å². The third-order valence-corrected chi connectivity index (χ3v) is 3.39. The van der Waals surface area contributed by atoms with Gasteiger partial charge in [0.05, 0.1) is 18.8 Å². The van der Waals surface area contributed by atoms with Gasteiger partial charge in [0.2, 0.25) is 0 Å². The Morgan fingerprint density at radius 2 is 2.12 bits per heavy atom. The molecule has 7 heteroatoms. The molecule has 4 atom stereocenters. The van der Waals surface area contributed by atoms with E-state index in [0.717, 1.165) is 0 Å². The van der Waals surface area contributed by atoms with Crippen LogP contribution in [0.15, 0.2) is 12.4 Å². The maximum Gasteiger partial charge on any atom is 0.341 e. The Morgan fingerprint density at radius 3 is 2.65 bits per heavy atom. The maximum absolute atomic E-state index is 10.8. The van der Waals surface area contributed by atoms with Gasteiger partial charge in [-0.15, -0.1) is 0 Å². The molecule has 3 N–H and O–H groups in total. The van der Waals surface area contributed by atoms with E-state index in [2.05, 4.69) is 23.7 Å². The van der Waals surface area contributed by atoms with Crippen molar-refractivity contribution in [2.24, 2.45) is 0 Å². The van der Waals surface area contributed by atoms with Gasteiger partial charge in [-0.05, 0) is 13.8 Å². The van der Waals surface area contributed by atoms with E-state index in [-0.39, 0.29) is 12.5 Å². The minimum atomic E-state index is -1.07. The second-order valence-electron chi connectivity index (χ2n) is 4.54. The number of hydrogen-bond donors (Lipinski definition) is 3. The number of hydrogen-bond acceptors (Lipinski definition) is 5. The lowest BCUT2D eigenvalue weighted by Gasteiger charge is -2.16. The van der Waals surface area contributed by atoms with Gasteiger partial charge in [0, 0.05) is 24.8 Å². The maximum atomic E-state index is 10.8. The molecule has 1 aromatic heterocycles. The SMILES string of the molecule is CC1C(C)N1CC(O)Cn1ccnc1[NH+]([O-])O. The summed E-state index contributed by atoms with van der Waals surface area (Å²) in [7, 11) is 0. The predicted molar refractivity (Wildman–Crippen MR) is 59.6 cm³/mol. The molecule has 2 heterocycles. The van der Waals surface area contributed by atoms with Gasteiger partial charge in [-0.1, -0.05) is 0 Å². The van der Waals surface area contributed by atoms with Crippen LogP contribution in [-0.2, 0) is 6.54 Å². The molecular weight excluding hydrogens is 224 g/mol. The zero-order valence-electron chi connectivity index (χ0n) is 9.95. The van der Waals surface area contributed by atoms with Crippen LogP contribution in [-0.4, -0.2) is 49.5 Å². The lowest BCUT2D eigenvalue weighted by Crippen LogP contribution is -3.00. The Bertz CT molecular complexity index is 373. The van der Waals surface area contributed by atoms with Gasteiger partial charge in [0.1, 0.15) is 0 Å². The molecular formula is C10H18N4O3. The molecule has 96 valence electrons. The number of aromatic nitrogens is 2. The van der Waals surface area contributed by atoms with Crippen LogP contribution in [0.3, 0.4) is 0 Å². The van der Waals surface area contributed by atoms with Crippen LogP contribution in [0, 0.1) is 5.21 Å². The summed E-state index contributed by atoms with van der Waals surface area (Å²) < 4.78 is 1.46. The van der Waals surface area contributed by atoms with Gasteiger partial charge in [0.25, 0.3) is 0 Å². The van der Waals surface area contributed by atoms with E-state index in [9.17, 15) is 10.3 Å². The highest BCUT2D eigenvalue weighted by Gasteiger charge is 2.40. The number of imidazole rings is 1. The van der Waals surface area contributed by atoms with E-state index in [1.165, 1.54) is 10.8 Å². The van der Waals surface area contributed by atoms with Gasteiger partial charge in [-0.25, -0.2) is 5.21 Å². The summed E-state index contributed by atoms with van der Waals surface area (Å²) in [5, 5.41) is 28.5. The number of aliphatic hydroxyl groups excluding tert-OH is 1. The van der Waals surface area contributed by atoms with Crippen molar-refractivity contribution in [2.75, 3.05) is 6.54 Å². The average molecular weight is 242 g/mol. The first-order chi connectivity index (χ1) is 8.00. The predicted octanol–water partition coefficient (Wildman–Crippen LogP) is -1.26. The minimum Gasteiger partial charge on any atom is -0.592 e. The van der Waals surface area contributed by atoms with E-state index >= 15 is 0 Å². The van der Waals surface area contributed by atoms with E-state index < -0.39 is 11.3 Å². The largest absolute Gasteiger partial charge is 0.592 e. The Morgan fingerprint density at radius 1 is 1.47 bits per heavy atom. The normalized spacial score (nSPS) is 31.2. The summed E-state index contributed by atoms with van der Waals surface area (Å²) in [6.07, 6.45) is 2.43. The van der Waals surface area contributed by atoms with Crippen molar-refractivity contribution in [3.05, 3.63) is 17.6 Å². The van der Waals surface area contributed by atoms with Crippen LogP contribution in [0.5, 0.6) is 0 Å². The second-order valence-corrected chi connectivity index (χ2v) is 4.54. The average Bonchev–Trinajstić information content (AvgIpc) is 2.71. The van der Waals surface area contributed by atoms with Crippen molar-refractivity contribution in [3.8, 4) is 0 Å². The molecule has 1 aromatic rings. The Hall–Kier alpha value is -0.990. The van der Waals surface area contributed by atoms with Crippen LogP contribution in [0.25, 0.3) is 0 Å². The third-order valence-electron chi connectivity index (χ3n) is 3.39. The summed E-state index contributed by atoms with van der Waals surface area (Å²) in [6, 6.07) is 1.01. The first kappa shape index (κ1) is 12.5. The standard InChI is InChI=1S/C10H18N4O3/c1-7-8(2)13(7)6-9(15)5-12-4-3-11-10(12)14(16)17/h3-4,7-9,14-16H,5-6H2,1-2H3. The van der Waals surface area contributed by atoms with E-state index in [1.807, 2.05) is 0 Å². The van der Waals surface area contributed by atoms with Crippen LogP contribution in [0.4, 0.5) is 5.95 Å². The van der Waals surface area contributed by atoms with Gasteiger partial charge >= 0.3 is 5.95 Å². The molecule has 0 aliphatic carbocycles. The molecule has 1 aliphatic rings. The number of β-amino-alcohol motifs (C(OH)–C–C–N with tert-alkyl or cyclic N) is 1. The van der Waals surface area contributed by atoms with E-state index in [4.69, 9.17) is 5.21 Å². The summed E-state index contributed by atoms with van der Waals surface area (Å²) in [5.74, 6) is -0.0315. The molecule has 1 aliphatic heterocycles. The first-order valence-corrected chi connectivity index (χ1v) is 5.69. The van der Waals surface area contributed by atoms with Crippen molar-refractivity contribution in [3.63, 3.8) is 0 Å². The summed E-state index contributed by atoms with van der Waals surface area (Å²) in [5.41, 5.74) is 0. The molecule has 7 nitrogen and oxygen atoms in total. The number of aliphatic hydroxyl groups is 1. The van der Waals surface area contributed by atoms with Crippen molar-refractivity contribution in [2.45, 2.75) is 38.6 Å². The van der Waals surface area contributed by atoms with Crippen molar-refractivity contribution in [1.82, 2.24) is 14.5 Å². The number of nitrogens with zero attached hydrogens (tertiary/aromatic N) is 3. The third kappa shape index (κ3) is 2.64. The monoisotopic (exact) mass is 242 g/mol. The molecule has 1 fully saturated rings. The van der Waals surface area contributed by atoms with Crippen molar-refractivity contribution >= 4 is 5.95 Å². The van der Waals surface area contributed by atoms with E-state index in [1.54, 1.807) is 6.20 Å². The lowest BCUT2D eigenvalue weighted by atomic mass is 10.3. The van der Waals surface area contributed by atoms with Crippen molar-refractivity contribution in [1.29, 1.82) is 0 Å². The molecule has 0 bridgehead atoms. The molecule has 0 spiro atoms. The molecule has 4 unspecified atom stereocenters. The number of rotatable bonds is 5. The summed E-state index contributed by atoms with van der Waals surface area (Å²) in [4.78, 5) is 5.90. The zero-order chi connectivity index (χ0) is 12.6. The highest BCUT2D eigenvalue weighted by Crippen LogP contribution is 2.26. The topological polar surface area (TPSA) is 88.8 Å². The highest BCUT2D eigenvalue weighted by atomic mass is 16.8. The van der Waals surface area contributed by atoms with Crippen LogP contribution in [0.2, 0.25) is 0 Å². The Balaban J connectivity index is 1.89. The Kier molecular flexibility index (Phi) is 3.45. The fourth-order valence-electron chi connectivity index (χ4n) is 2.09. The molecule has 0 radical (unpaired) electrons. The molecule has 1 saturated heterocycles. The highest BCUT2D eigenvalue weighted by molar-refractivity contribution is 5.06.